The molecule has 1 unspecified atom stereocenters. The molecule has 0 heterocycles. The first-order valence-electron chi connectivity index (χ1n) is 6.79. The van der Waals surface area contributed by atoms with Gasteiger partial charge >= 0.3 is 6.18 Å². The van der Waals surface area contributed by atoms with E-state index in [9.17, 15) is 18.0 Å². The van der Waals surface area contributed by atoms with Crippen LogP contribution in [0, 0.1) is 0 Å². The molecule has 0 fully saturated rings. The smallest absolute Gasteiger partial charge is 0.406 e. The Kier molecular flexibility index (Phi) is 6.22. The molecule has 124 valence electrons. The Hall–Kier alpha value is -1.76. The van der Waals surface area contributed by atoms with Gasteiger partial charge in [-0.2, -0.15) is 13.2 Å². The van der Waals surface area contributed by atoms with Crippen molar-refractivity contribution in [3.8, 4) is 5.75 Å². The maximum absolute atomic E-state index is 12.3. The molecular formula is C15H21F3N2O2. The van der Waals surface area contributed by atoms with Crippen LogP contribution in [0.5, 0.6) is 5.75 Å². The lowest BCUT2D eigenvalue weighted by molar-refractivity contribution is -0.159. The van der Waals surface area contributed by atoms with Gasteiger partial charge in [0.1, 0.15) is 12.3 Å². The largest absolute Gasteiger partial charge is 0.496 e. The van der Waals surface area contributed by atoms with Crippen LogP contribution in [0.3, 0.4) is 0 Å². The molecule has 0 spiro atoms. The summed E-state index contributed by atoms with van der Waals surface area (Å²) < 4.78 is 42.2. The highest BCUT2D eigenvalue weighted by atomic mass is 19.4. The van der Waals surface area contributed by atoms with E-state index in [0.717, 1.165) is 12.6 Å². The fraction of sp³-hybridized carbons (Fsp3) is 0.533. The first kappa shape index (κ1) is 18.3. The number of hydrogen-bond donors (Lipinski definition) is 0. The van der Waals surface area contributed by atoms with Gasteiger partial charge in [-0.05, 0) is 20.0 Å². The number of rotatable bonds is 6. The van der Waals surface area contributed by atoms with Crippen molar-refractivity contribution in [1.82, 2.24) is 9.80 Å². The summed E-state index contributed by atoms with van der Waals surface area (Å²) in [6, 6.07) is 7.18. The fourth-order valence-electron chi connectivity index (χ4n) is 2.08. The molecule has 1 rings (SSSR count). The zero-order chi connectivity index (χ0) is 16.9. The Bertz CT molecular complexity index is 506. The number of amides is 1. The third kappa shape index (κ3) is 5.22. The number of likely N-dealkylation sites (N-methyl/N-ethyl adjacent to an activating group) is 2. The van der Waals surface area contributed by atoms with Crippen LogP contribution in [0.2, 0.25) is 0 Å². The number of benzene rings is 1. The number of carbonyl (C=O) groups is 1. The van der Waals surface area contributed by atoms with Crippen molar-refractivity contribution in [2.24, 2.45) is 0 Å². The lowest BCUT2D eigenvalue weighted by Gasteiger charge is -2.28. The van der Waals surface area contributed by atoms with Gasteiger partial charge in [0.2, 0.25) is 5.91 Å². The molecule has 7 heteroatoms. The van der Waals surface area contributed by atoms with E-state index in [0.29, 0.717) is 10.6 Å². The van der Waals surface area contributed by atoms with Gasteiger partial charge in [0.15, 0.2) is 0 Å². The number of halogens is 3. The molecule has 0 saturated heterocycles. The molecule has 0 saturated carbocycles. The second-order valence-electron chi connectivity index (χ2n) is 5.20. The van der Waals surface area contributed by atoms with Crippen molar-refractivity contribution in [3.05, 3.63) is 29.8 Å². The van der Waals surface area contributed by atoms with Crippen LogP contribution < -0.4 is 4.74 Å². The normalized spacial score (nSPS) is 13.1. The summed E-state index contributed by atoms with van der Waals surface area (Å²) in [7, 11) is 4.39. The number of ether oxygens (including phenoxy) is 1. The average molecular weight is 318 g/mol. The van der Waals surface area contributed by atoms with E-state index < -0.39 is 18.6 Å². The predicted octanol–water partition coefficient (Wildman–Crippen LogP) is 2.71. The molecule has 0 bridgehead atoms. The lowest BCUT2D eigenvalue weighted by Crippen LogP contribution is -2.41. The number of alkyl halides is 3. The number of para-hydroxylation sites is 1. The molecule has 0 radical (unpaired) electrons. The van der Waals surface area contributed by atoms with Gasteiger partial charge in [-0.1, -0.05) is 18.2 Å². The zero-order valence-electron chi connectivity index (χ0n) is 13.1. The van der Waals surface area contributed by atoms with Gasteiger partial charge in [-0.3, -0.25) is 9.69 Å². The van der Waals surface area contributed by atoms with Crippen molar-refractivity contribution in [1.29, 1.82) is 0 Å². The van der Waals surface area contributed by atoms with Gasteiger partial charge in [0, 0.05) is 18.7 Å². The third-order valence-corrected chi connectivity index (χ3v) is 3.48. The van der Waals surface area contributed by atoms with Gasteiger partial charge in [-0.25, -0.2) is 0 Å². The summed E-state index contributed by atoms with van der Waals surface area (Å²) in [6.45, 7) is 0.517. The third-order valence-electron chi connectivity index (χ3n) is 3.48. The number of methoxy groups -OCH3 is 1. The van der Waals surface area contributed by atoms with E-state index in [4.69, 9.17) is 4.74 Å². The molecule has 1 aromatic rings. The van der Waals surface area contributed by atoms with Gasteiger partial charge in [0.05, 0.1) is 13.7 Å². The molecule has 22 heavy (non-hydrogen) atoms. The summed E-state index contributed by atoms with van der Waals surface area (Å²) in [5, 5.41) is 0. The van der Waals surface area contributed by atoms with Gasteiger partial charge in [0.25, 0.3) is 0 Å². The number of nitrogens with zero attached hydrogens (tertiary/aromatic N) is 2. The minimum absolute atomic E-state index is 0.105. The maximum Gasteiger partial charge on any atom is 0.406 e. The van der Waals surface area contributed by atoms with Gasteiger partial charge < -0.3 is 9.64 Å². The summed E-state index contributed by atoms with van der Waals surface area (Å²) in [5.41, 5.74) is 0.874. The van der Waals surface area contributed by atoms with Crippen molar-refractivity contribution < 1.29 is 22.7 Å². The molecule has 0 aliphatic heterocycles. The number of hydrogen-bond acceptors (Lipinski definition) is 3. The second kappa shape index (κ2) is 7.49. The van der Waals surface area contributed by atoms with Crippen LogP contribution in [-0.2, 0) is 4.79 Å². The minimum atomic E-state index is -4.39. The molecule has 0 aliphatic carbocycles. The Morgan fingerprint density at radius 1 is 1.27 bits per heavy atom. The van der Waals surface area contributed by atoms with Crippen LogP contribution in [0.25, 0.3) is 0 Å². The maximum atomic E-state index is 12.3. The predicted molar refractivity (Wildman–Crippen MR) is 77.7 cm³/mol. The highest BCUT2D eigenvalue weighted by Gasteiger charge is 2.31. The van der Waals surface area contributed by atoms with Crippen LogP contribution in [0.15, 0.2) is 24.3 Å². The highest BCUT2D eigenvalue weighted by molar-refractivity contribution is 5.78. The van der Waals surface area contributed by atoms with E-state index >= 15 is 0 Å². The quantitative estimate of drug-likeness (QED) is 0.808. The van der Waals surface area contributed by atoms with E-state index in [2.05, 4.69) is 0 Å². The molecule has 4 nitrogen and oxygen atoms in total. The molecule has 1 atom stereocenters. The van der Waals surface area contributed by atoms with Crippen LogP contribution >= 0.6 is 0 Å². The Balaban J connectivity index is 2.71. The topological polar surface area (TPSA) is 32.8 Å². The second-order valence-corrected chi connectivity index (χ2v) is 5.20. The SMILES string of the molecule is COc1ccccc1C(C)N(C)CC(=O)N(C)CC(F)(F)F. The summed E-state index contributed by atoms with van der Waals surface area (Å²) in [5.74, 6) is 0.0968. The number of carbonyl (C=O) groups excluding carboxylic acids is 1. The van der Waals surface area contributed by atoms with E-state index in [-0.39, 0.29) is 12.6 Å². The first-order valence-corrected chi connectivity index (χ1v) is 6.79. The summed E-state index contributed by atoms with van der Waals surface area (Å²) in [4.78, 5) is 14.2. The van der Waals surface area contributed by atoms with Crippen LogP contribution in [0.1, 0.15) is 18.5 Å². The summed E-state index contributed by atoms with van der Waals surface area (Å²) in [6.07, 6.45) is -4.39. The average Bonchev–Trinajstić information content (AvgIpc) is 2.44. The molecule has 0 aromatic heterocycles. The van der Waals surface area contributed by atoms with Crippen LogP contribution in [-0.4, -0.2) is 56.2 Å². The van der Waals surface area contributed by atoms with Crippen molar-refractivity contribution in [2.75, 3.05) is 34.3 Å². The Morgan fingerprint density at radius 2 is 1.86 bits per heavy atom. The summed E-state index contributed by atoms with van der Waals surface area (Å²) >= 11 is 0. The van der Waals surface area contributed by atoms with E-state index in [1.54, 1.807) is 25.1 Å². The highest BCUT2D eigenvalue weighted by Crippen LogP contribution is 2.28. The monoisotopic (exact) mass is 318 g/mol. The molecule has 0 N–H and O–H groups in total. The molecule has 0 aliphatic rings. The molecule has 1 amide bonds. The standard InChI is InChI=1S/C15H21F3N2O2/c1-11(12-7-5-6-8-13(12)22-4)19(2)9-14(21)20(3)10-15(16,17)18/h5-8,11H,9-10H2,1-4H3. The molecule has 1 aromatic carbocycles. The molecular weight excluding hydrogens is 297 g/mol. The zero-order valence-corrected chi connectivity index (χ0v) is 13.1. The fourth-order valence-corrected chi connectivity index (χ4v) is 2.08. The van der Waals surface area contributed by atoms with E-state index in [1.165, 1.54) is 0 Å². The van der Waals surface area contributed by atoms with Crippen molar-refractivity contribution >= 4 is 5.91 Å². The van der Waals surface area contributed by atoms with E-state index in [1.807, 2.05) is 25.1 Å². The Morgan fingerprint density at radius 3 is 2.41 bits per heavy atom. The van der Waals surface area contributed by atoms with Crippen molar-refractivity contribution in [2.45, 2.75) is 19.1 Å². The van der Waals surface area contributed by atoms with Crippen LogP contribution in [0.4, 0.5) is 13.2 Å². The Labute approximate surface area is 128 Å². The van der Waals surface area contributed by atoms with Gasteiger partial charge in [-0.15, -0.1) is 0 Å². The minimum Gasteiger partial charge on any atom is -0.496 e. The van der Waals surface area contributed by atoms with Crippen molar-refractivity contribution in [3.63, 3.8) is 0 Å². The lowest BCUT2D eigenvalue weighted by atomic mass is 10.1. The first-order chi connectivity index (χ1) is 10.2.